The van der Waals surface area contributed by atoms with Crippen molar-refractivity contribution >= 4 is 47.3 Å². The average Bonchev–Trinajstić information content (AvgIpc) is 3.13. The number of hydrogen-bond acceptors (Lipinski definition) is 10. The number of methoxy groups -OCH3 is 1. The number of nitrogens with zero attached hydrogens (tertiary/aromatic N) is 5. The van der Waals surface area contributed by atoms with E-state index in [0.717, 1.165) is 11.8 Å². The lowest BCUT2D eigenvalue weighted by Gasteiger charge is -2.56. The van der Waals surface area contributed by atoms with Crippen molar-refractivity contribution in [2.75, 3.05) is 19.4 Å². The Morgan fingerprint density at radius 3 is 2.68 bits per heavy atom. The molecule has 3 rings (SSSR count). The zero-order valence-electron chi connectivity index (χ0n) is 16.6. The van der Waals surface area contributed by atoms with Crippen molar-refractivity contribution in [2.24, 2.45) is 7.05 Å². The highest BCUT2D eigenvalue weighted by Crippen LogP contribution is 2.47. The molecule has 15 heteroatoms. The Balaban J connectivity index is 1.73. The fourth-order valence-electron chi connectivity index (χ4n) is 3.18. The van der Waals surface area contributed by atoms with Gasteiger partial charge in [0.05, 0.1) is 4.91 Å². The van der Waals surface area contributed by atoms with Crippen molar-refractivity contribution < 1.29 is 34.1 Å². The molecule has 2 aliphatic rings. The summed E-state index contributed by atoms with van der Waals surface area (Å²) in [6.45, 7) is 0.0659. The molecule has 1 aromatic rings. The molecular formula is C16H20N6O7S2. The van der Waals surface area contributed by atoms with Gasteiger partial charge in [-0.2, -0.15) is 0 Å². The first kappa shape index (κ1) is 23.0. The number of thioether (sulfide) groups is 2. The first-order valence-corrected chi connectivity index (χ1v) is 10.9. The number of carboxylic acid groups (broad SMARTS) is 2. The summed E-state index contributed by atoms with van der Waals surface area (Å²) in [6.07, 6.45) is -0.174. The summed E-state index contributed by atoms with van der Waals surface area (Å²) in [5.74, 6) is -2.95. The Morgan fingerprint density at radius 2 is 2.10 bits per heavy atom. The standard InChI is InChI=1S/C16H20N6O7S2/c1-21-15(18-19-20-21)30-7-8-6-22-13(28)16(29-2,14(22)31-11(8)12(26)27)17-9(23)4-3-5-10(24)25/h14H,3-7H2,1-2H3,(H,17,23)(H,24,25)(H,26,27)/t14-,16-/m0/s1. The van der Waals surface area contributed by atoms with Crippen LogP contribution in [0.5, 0.6) is 0 Å². The summed E-state index contributed by atoms with van der Waals surface area (Å²) in [5, 5.41) is 31.7. The number of fused-ring (bicyclic) bond motifs is 1. The van der Waals surface area contributed by atoms with Crippen LogP contribution in [0.4, 0.5) is 0 Å². The van der Waals surface area contributed by atoms with Crippen LogP contribution >= 0.6 is 23.5 Å². The highest BCUT2D eigenvalue weighted by Gasteiger charge is 2.65. The number of ether oxygens (including phenoxy) is 1. The molecule has 0 spiro atoms. The van der Waals surface area contributed by atoms with E-state index in [1.807, 2.05) is 0 Å². The van der Waals surface area contributed by atoms with Crippen molar-refractivity contribution in [3.63, 3.8) is 0 Å². The second kappa shape index (κ2) is 9.23. The molecule has 0 aliphatic carbocycles. The van der Waals surface area contributed by atoms with Crippen LogP contribution in [0.2, 0.25) is 0 Å². The van der Waals surface area contributed by atoms with Gasteiger partial charge in [0.1, 0.15) is 5.37 Å². The minimum absolute atomic E-state index is 0.0659. The van der Waals surface area contributed by atoms with E-state index in [1.54, 1.807) is 7.05 Å². The number of β-lactam (4-membered cyclic amide) rings is 1. The van der Waals surface area contributed by atoms with E-state index < -0.39 is 34.9 Å². The first-order chi connectivity index (χ1) is 14.7. The number of tetrazole rings is 1. The summed E-state index contributed by atoms with van der Waals surface area (Å²) >= 11 is 2.17. The molecule has 1 aromatic heterocycles. The van der Waals surface area contributed by atoms with Gasteiger partial charge in [-0.25, -0.2) is 9.48 Å². The van der Waals surface area contributed by atoms with Gasteiger partial charge in [-0.1, -0.05) is 23.5 Å². The maximum absolute atomic E-state index is 12.8. The number of amides is 2. The first-order valence-electron chi connectivity index (χ1n) is 9.05. The summed E-state index contributed by atoms with van der Waals surface area (Å²) in [7, 11) is 2.91. The Hall–Kier alpha value is -2.65. The van der Waals surface area contributed by atoms with E-state index in [0.29, 0.717) is 10.7 Å². The second-order valence-electron chi connectivity index (χ2n) is 6.75. The third-order valence-electron chi connectivity index (χ3n) is 4.71. The Bertz CT molecular complexity index is 951. The van der Waals surface area contributed by atoms with Crippen molar-refractivity contribution in [1.29, 1.82) is 0 Å². The molecule has 13 nitrogen and oxygen atoms in total. The number of carbonyl (C=O) groups is 4. The average molecular weight is 473 g/mol. The molecule has 3 heterocycles. The second-order valence-corrected chi connectivity index (χ2v) is 8.78. The van der Waals surface area contributed by atoms with Gasteiger partial charge in [-0.05, 0) is 22.4 Å². The molecule has 0 bridgehead atoms. The van der Waals surface area contributed by atoms with Crippen LogP contribution in [0.15, 0.2) is 15.6 Å². The van der Waals surface area contributed by atoms with Gasteiger partial charge in [0.25, 0.3) is 11.6 Å². The Morgan fingerprint density at radius 1 is 1.35 bits per heavy atom. The predicted octanol–water partition coefficient (Wildman–Crippen LogP) is -0.730. The molecule has 1 saturated heterocycles. The summed E-state index contributed by atoms with van der Waals surface area (Å²) < 4.78 is 6.79. The fourth-order valence-corrected chi connectivity index (χ4v) is 5.48. The zero-order valence-corrected chi connectivity index (χ0v) is 18.2. The third kappa shape index (κ3) is 4.52. The number of aliphatic carboxylic acids is 2. The molecule has 0 saturated carbocycles. The molecule has 31 heavy (non-hydrogen) atoms. The molecule has 2 atom stereocenters. The normalized spacial score (nSPS) is 22.7. The van der Waals surface area contributed by atoms with E-state index in [-0.39, 0.29) is 36.5 Å². The molecule has 3 N–H and O–H groups in total. The van der Waals surface area contributed by atoms with Crippen molar-refractivity contribution in [2.45, 2.75) is 35.5 Å². The van der Waals surface area contributed by atoms with Crippen LogP contribution in [0.1, 0.15) is 19.3 Å². The number of nitrogens with one attached hydrogen (secondary N) is 1. The number of hydrogen-bond donors (Lipinski definition) is 3. The molecule has 0 aromatic carbocycles. The Kier molecular flexibility index (Phi) is 6.86. The van der Waals surface area contributed by atoms with E-state index >= 15 is 0 Å². The molecule has 1 fully saturated rings. The molecule has 168 valence electrons. The summed E-state index contributed by atoms with van der Waals surface area (Å²) in [4.78, 5) is 49.1. The number of rotatable bonds is 10. The highest BCUT2D eigenvalue weighted by atomic mass is 32.2. The highest BCUT2D eigenvalue weighted by molar-refractivity contribution is 8.05. The number of aryl methyl sites for hydroxylation is 1. The van der Waals surface area contributed by atoms with Gasteiger partial charge >= 0.3 is 11.9 Å². The molecular weight excluding hydrogens is 452 g/mol. The minimum Gasteiger partial charge on any atom is -0.481 e. The van der Waals surface area contributed by atoms with Crippen LogP contribution in [-0.4, -0.2) is 89.6 Å². The van der Waals surface area contributed by atoms with Crippen LogP contribution in [0.25, 0.3) is 0 Å². The SMILES string of the molecule is CO[C@@]1(NC(=O)CCCC(=O)O)C(=O)N2CC(CSc3nnnn3C)=C(C(=O)O)S[C@H]21. The minimum atomic E-state index is -1.70. The molecule has 2 amide bonds. The summed E-state index contributed by atoms with van der Waals surface area (Å²) in [5.41, 5.74) is -1.18. The smallest absolute Gasteiger partial charge is 0.342 e. The van der Waals surface area contributed by atoms with Gasteiger partial charge in [0.15, 0.2) is 0 Å². The van der Waals surface area contributed by atoms with Crippen LogP contribution in [-0.2, 0) is 31.0 Å². The maximum atomic E-state index is 12.8. The van der Waals surface area contributed by atoms with Crippen LogP contribution in [0, 0.1) is 0 Å². The topological polar surface area (TPSA) is 177 Å². The van der Waals surface area contributed by atoms with E-state index in [2.05, 4.69) is 20.8 Å². The lowest BCUT2D eigenvalue weighted by atomic mass is 9.99. The summed E-state index contributed by atoms with van der Waals surface area (Å²) in [6, 6.07) is 0. The lowest BCUT2D eigenvalue weighted by Crippen LogP contribution is -2.80. The number of carboxylic acids is 2. The fraction of sp³-hybridized carbons (Fsp3) is 0.562. The zero-order chi connectivity index (χ0) is 22.8. The largest absolute Gasteiger partial charge is 0.481 e. The van der Waals surface area contributed by atoms with Gasteiger partial charge in [0.2, 0.25) is 11.1 Å². The lowest BCUT2D eigenvalue weighted by molar-refractivity contribution is -0.194. The number of carbonyl (C=O) groups excluding carboxylic acids is 2. The monoisotopic (exact) mass is 472 g/mol. The van der Waals surface area contributed by atoms with Gasteiger partial charge in [-0.15, -0.1) is 5.10 Å². The van der Waals surface area contributed by atoms with Crippen molar-refractivity contribution in [3.05, 3.63) is 10.5 Å². The number of aromatic nitrogens is 4. The molecule has 0 radical (unpaired) electrons. The molecule has 2 aliphatic heterocycles. The van der Waals surface area contributed by atoms with Gasteiger partial charge < -0.3 is 25.2 Å². The quantitative estimate of drug-likeness (QED) is 0.221. The van der Waals surface area contributed by atoms with E-state index in [1.165, 1.54) is 28.5 Å². The van der Waals surface area contributed by atoms with Gasteiger partial charge in [0, 0.05) is 39.3 Å². The van der Waals surface area contributed by atoms with Crippen LogP contribution < -0.4 is 5.32 Å². The van der Waals surface area contributed by atoms with Gasteiger partial charge in [-0.3, -0.25) is 14.4 Å². The maximum Gasteiger partial charge on any atom is 0.342 e. The predicted molar refractivity (Wildman–Crippen MR) is 107 cm³/mol. The van der Waals surface area contributed by atoms with Crippen LogP contribution in [0.3, 0.4) is 0 Å². The third-order valence-corrected chi connectivity index (χ3v) is 7.32. The van der Waals surface area contributed by atoms with Crippen molar-refractivity contribution in [1.82, 2.24) is 30.4 Å². The van der Waals surface area contributed by atoms with E-state index in [9.17, 15) is 24.3 Å². The Labute approximate surface area is 184 Å². The van der Waals surface area contributed by atoms with Crippen molar-refractivity contribution in [3.8, 4) is 0 Å². The van der Waals surface area contributed by atoms with E-state index in [4.69, 9.17) is 9.84 Å². The molecule has 0 unspecified atom stereocenters.